The van der Waals surface area contributed by atoms with Gasteiger partial charge in [-0.15, -0.1) is 3.89 Å². The van der Waals surface area contributed by atoms with Crippen molar-refractivity contribution in [1.82, 2.24) is 4.31 Å². The highest BCUT2D eigenvalue weighted by atomic mass is 32.2. The van der Waals surface area contributed by atoms with Crippen molar-refractivity contribution in [2.45, 2.75) is 57.5 Å². The molecular weight excluding hydrogens is 562 g/mol. The highest BCUT2D eigenvalue weighted by Crippen LogP contribution is 2.42. The average Bonchev–Trinajstić information content (AvgIpc) is 3.70. The molecule has 1 N–H and O–H groups in total. The number of hydrogen-bond donors (Lipinski definition) is 1. The van der Waals surface area contributed by atoms with Crippen LogP contribution in [0.15, 0.2) is 83.1 Å². The van der Waals surface area contributed by atoms with Crippen molar-refractivity contribution in [2.24, 2.45) is 10.9 Å². The number of fused-ring (bicyclic) bond motifs is 1. The van der Waals surface area contributed by atoms with Gasteiger partial charge >= 0.3 is 0 Å². The summed E-state index contributed by atoms with van der Waals surface area (Å²) in [5, 5.41) is 10.1. The summed E-state index contributed by atoms with van der Waals surface area (Å²) in [7, 11) is 0. The monoisotopic (exact) mass is 598 g/mol. The molecule has 0 aromatic heterocycles. The predicted molar refractivity (Wildman–Crippen MR) is 161 cm³/mol. The maximum Gasteiger partial charge on any atom is 0.202 e. The molecule has 0 bridgehead atoms. The van der Waals surface area contributed by atoms with E-state index in [1.807, 2.05) is 50.2 Å². The summed E-state index contributed by atoms with van der Waals surface area (Å²) in [5.74, 6) is 0.494. The quantitative estimate of drug-likeness (QED) is 0.246. The lowest BCUT2D eigenvalue weighted by molar-refractivity contribution is -0.0796. The van der Waals surface area contributed by atoms with Gasteiger partial charge in [0, 0.05) is 23.6 Å². The number of benzene rings is 2. The number of allylic oxidation sites excluding steroid dienone is 3. The summed E-state index contributed by atoms with van der Waals surface area (Å²) in [5.41, 5.74) is 2.95. The first-order valence-electron chi connectivity index (χ1n) is 14.3. The zero-order valence-corrected chi connectivity index (χ0v) is 24.6. The standard InChI is InChI=1S/C30H30F2N2O5S.C2H6/c1-33-29(20-4-2-18(3-5-20)19-6-9-22(10-7-19)38-23-15-36-16-23)25(31)14-21-8-13-28(34(21)40-32)39-27-12-11-24-26(35)17-37-30(24)27;1-2/h2-7,9-10,13-14,23-24,26-27,30,35H,1,8,11-12,15-17H2;1-2H3/b21-14+,29-25+;/t24?,26-,27-,30+;/m1./s1. The molecule has 0 spiro atoms. The van der Waals surface area contributed by atoms with Crippen LogP contribution in [-0.2, 0) is 14.2 Å². The molecule has 3 fully saturated rings. The molecule has 2 aromatic rings. The second kappa shape index (κ2) is 13.9. The van der Waals surface area contributed by atoms with Crippen molar-refractivity contribution in [3.8, 4) is 16.9 Å². The van der Waals surface area contributed by atoms with E-state index in [-0.39, 0.29) is 48.9 Å². The van der Waals surface area contributed by atoms with Crippen molar-refractivity contribution in [3.05, 3.63) is 83.7 Å². The molecule has 2 saturated heterocycles. The van der Waals surface area contributed by atoms with E-state index in [0.717, 1.165) is 23.3 Å². The first-order chi connectivity index (χ1) is 20.5. The van der Waals surface area contributed by atoms with Crippen molar-refractivity contribution in [1.29, 1.82) is 0 Å². The number of nitrogens with zero attached hydrogens (tertiary/aromatic N) is 2. The van der Waals surface area contributed by atoms with Gasteiger partial charge in [-0.25, -0.2) is 8.70 Å². The van der Waals surface area contributed by atoms with Crippen LogP contribution in [-0.4, -0.2) is 60.4 Å². The number of aliphatic hydroxyl groups is 1. The second-order valence-electron chi connectivity index (χ2n) is 10.2. The van der Waals surface area contributed by atoms with Crippen molar-refractivity contribution in [3.63, 3.8) is 0 Å². The molecule has 4 atom stereocenters. The van der Waals surface area contributed by atoms with Gasteiger partial charge in [-0.3, -0.25) is 4.99 Å². The van der Waals surface area contributed by atoms with Crippen LogP contribution in [0.3, 0.4) is 0 Å². The molecule has 224 valence electrons. The highest BCUT2D eigenvalue weighted by Gasteiger charge is 2.47. The summed E-state index contributed by atoms with van der Waals surface area (Å²) in [6.45, 7) is 9.06. The van der Waals surface area contributed by atoms with Gasteiger partial charge in [-0.05, 0) is 55.0 Å². The van der Waals surface area contributed by atoms with Crippen LogP contribution in [0.25, 0.3) is 16.8 Å². The Morgan fingerprint density at radius 1 is 1.05 bits per heavy atom. The number of halogens is 2. The maximum atomic E-state index is 15.4. The molecule has 1 aliphatic carbocycles. The molecule has 42 heavy (non-hydrogen) atoms. The summed E-state index contributed by atoms with van der Waals surface area (Å²) >= 11 is -0.0461. The van der Waals surface area contributed by atoms with E-state index in [1.54, 1.807) is 18.2 Å². The molecule has 0 amide bonds. The number of rotatable bonds is 9. The minimum absolute atomic E-state index is 0.0300. The van der Waals surface area contributed by atoms with Crippen LogP contribution in [0.4, 0.5) is 8.28 Å². The molecular formula is C32H36F2N2O5S. The lowest BCUT2D eigenvalue weighted by Crippen LogP contribution is -2.38. The summed E-state index contributed by atoms with van der Waals surface area (Å²) < 4.78 is 53.4. The van der Waals surface area contributed by atoms with Crippen molar-refractivity contribution >= 4 is 24.7 Å². The zero-order chi connectivity index (χ0) is 29.6. The fourth-order valence-electron chi connectivity index (χ4n) is 5.55. The molecule has 10 heteroatoms. The summed E-state index contributed by atoms with van der Waals surface area (Å²) in [6, 6.07) is 15.1. The minimum Gasteiger partial charge on any atom is -0.486 e. The Morgan fingerprint density at radius 2 is 1.74 bits per heavy atom. The summed E-state index contributed by atoms with van der Waals surface area (Å²) in [6.07, 6.45) is 3.87. The van der Waals surface area contributed by atoms with Gasteiger partial charge in [0.1, 0.15) is 23.7 Å². The molecule has 4 aliphatic rings. The second-order valence-corrected chi connectivity index (χ2v) is 10.7. The molecule has 1 unspecified atom stereocenters. The minimum atomic E-state index is -0.629. The Bertz CT molecular complexity index is 1330. The van der Waals surface area contributed by atoms with Crippen LogP contribution in [0, 0.1) is 5.92 Å². The van der Waals surface area contributed by atoms with Gasteiger partial charge in [-0.2, -0.15) is 0 Å². The van der Waals surface area contributed by atoms with E-state index < -0.39 is 11.9 Å². The number of hydrogen-bond acceptors (Lipinski definition) is 8. The molecule has 0 radical (unpaired) electrons. The van der Waals surface area contributed by atoms with Crippen LogP contribution < -0.4 is 4.74 Å². The third-order valence-corrected chi connectivity index (χ3v) is 8.30. The van der Waals surface area contributed by atoms with Gasteiger partial charge in [0.15, 0.2) is 18.2 Å². The van der Waals surface area contributed by atoms with E-state index in [4.69, 9.17) is 18.9 Å². The first-order valence-corrected chi connectivity index (χ1v) is 15.0. The van der Waals surface area contributed by atoms with E-state index in [2.05, 4.69) is 11.7 Å². The third kappa shape index (κ3) is 6.41. The van der Waals surface area contributed by atoms with Crippen LogP contribution in [0.2, 0.25) is 0 Å². The van der Waals surface area contributed by atoms with Gasteiger partial charge < -0.3 is 24.1 Å². The fourth-order valence-corrected chi connectivity index (χ4v) is 5.95. The van der Waals surface area contributed by atoms with Crippen LogP contribution in [0.1, 0.15) is 38.7 Å². The van der Waals surface area contributed by atoms with Gasteiger partial charge in [0.05, 0.1) is 32.0 Å². The Hall–Kier alpha value is -3.18. The van der Waals surface area contributed by atoms with Crippen LogP contribution >= 0.6 is 12.3 Å². The topological polar surface area (TPSA) is 72.8 Å². The average molecular weight is 599 g/mol. The normalized spacial score (nSPS) is 26.5. The van der Waals surface area contributed by atoms with Gasteiger partial charge in [0.2, 0.25) is 5.88 Å². The molecule has 3 heterocycles. The molecule has 3 aliphatic heterocycles. The Balaban J connectivity index is 0.00000173. The first kappa shape index (κ1) is 30.3. The van der Waals surface area contributed by atoms with E-state index in [9.17, 15) is 8.99 Å². The maximum absolute atomic E-state index is 15.4. The molecule has 2 aromatic carbocycles. The lowest BCUT2D eigenvalue weighted by Gasteiger charge is -2.26. The Kier molecular flexibility index (Phi) is 9.99. The SMILES string of the molecule is C=N/C(=C(F)\C=C1/CC=C(O[C@@H]2CCC3[C@H](O)CO[C@@H]32)N1SF)c1ccc(-c2ccc(OC3COC3)cc2)cc1.CC. The van der Waals surface area contributed by atoms with E-state index >= 15 is 4.39 Å². The number of aliphatic imine (C=N–C) groups is 1. The highest BCUT2D eigenvalue weighted by molar-refractivity contribution is 7.92. The van der Waals surface area contributed by atoms with E-state index in [1.165, 1.54) is 10.4 Å². The number of aliphatic hydroxyl groups excluding tert-OH is 1. The third-order valence-electron chi connectivity index (χ3n) is 7.75. The Morgan fingerprint density at radius 3 is 2.36 bits per heavy atom. The largest absolute Gasteiger partial charge is 0.486 e. The smallest absolute Gasteiger partial charge is 0.202 e. The molecule has 1 saturated carbocycles. The summed E-state index contributed by atoms with van der Waals surface area (Å²) in [4.78, 5) is 3.93. The van der Waals surface area contributed by atoms with Crippen molar-refractivity contribution < 1.29 is 32.3 Å². The van der Waals surface area contributed by atoms with Gasteiger partial charge in [-0.1, -0.05) is 50.2 Å². The van der Waals surface area contributed by atoms with Crippen molar-refractivity contribution in [2.75, 3.05) is 19.8 Å². The Labute approximate surface area is 249 Å². The molecule has 6 rings (SSSR count). The van der Waals surface area contributed by atoms with Crippen LogP contribution in [0.5, 0.6) is 5.75 Å². The predicted octanol–water partition coefficient (Wildman–Crippen LogP) is 7.01. The van der Waals surface area contributed by atoms with Gasteiger partial charge in [0.25, 0.3) is 0 Å². The number of ether oxygens (including phenoxy) is 4. The van der Waals surface area contributed by atoms with E-state index in [0.29, 0.717) is 43.2 Å². The fraction of sp³-hybridized carbons (Fsp3) is 0.406. The zero-order valence-electron chi connectivity index (χ0n) is 23.7. The molecule has 7 nitrogen and oxygen atoms in total. The lowest BCUT2D eigenvalue weighted by atomic mass is 10.0.